The van der Waals surface area contributed by atoms with E-state index in [0.29, 0.717) is 24.2 Å². The molecule has 32 heavy (non-hydrogen) atoms. The molecule has 0 spiro atoms. The van der Waals surface area contributed by atoms with Crippen molar-refractivity contribution in [1.82, 2.24) is 15.6 Å². The Labute approximate surface area is 190 Å². The molecule has 1 unspecified atom stereocenters. The van der Waals surface area contributed by atoms with E-state index in [1.807, 2.05) is 19.1 Å². The lowest BCUT2D eigenvalue weighted by molar-refractivity contribution is -0.117. The average Bonchev–Trinajstić information content (AvgIpc) is 2.78. The number of aryl methyl sites for hydroxylation is 1. The van der Waals surface area contributed by atoms with Gasteiger partial charge in [-0.3, -0.25) is 10.2 Å². The molecule has 1 aromatic carbocycles. The Hall–Kier alpha value is -2.51. The predicted octanol–water partition coefficient (Wildman–Crippen LogP) is 3.52. The quantitative estimate of drug-likeness (QED) is 0.492. The summed E-state index contributed by atoms with van der Waals surface area (Å²) in [6, 6.07) is 9.01. The highest BCUT2D eigenvalue weighted by molar-refractivity contribution is 6.10. The number of pyridine rings is 1. The molecule has 0 radical (unpaired) electrons. The number of carbonyl (C=O) groups is 1. The zero-order valence-corrected chi connectivity index (χ0v) is 19.4. The number of amides is 1. The maximum absolute atomic E-state index is 11.6. The summed E-state index contributed by atoms with van der Waals surface area (Å²) in [4.78, 5) is 18.8. The van der Waals surface area contributed by atoms with Gasteiger partial charge in [0.2, 0.25) is 5.91 Å². The van der Waals surface area contributed by atoms with Gasteiger partial charge in [0.15, 0.2) is 0 Å². The number of carbonyl (C=O) groups excluding carboxylic acids is 1. The normalized spacial score (nSPS) is 22.2. The van der Waals surface area contributed by atoms with Crippen LogP contribution in [0.3, 0.4) is 0 Å². The molecule has 2 heterocycles. The summed E-state index contributed by atoms with van der Waals surface area (Å²) in [5, 5.41) is 16.0. The van der Waals surface area contributed by atoms with E-state index in [-0.39, 0.29) is 17.8 Å². The zero-order chi connectivity index (χ0) is 22.7. The van der Waals surface area contributed by atoms with Crippen molar-refractivity contribution >= 4 is 28.5 Å². The van der Waals surface area contributed by atoms with Gasteiger partial charge in [0.05, 0.1) is 17.2 Å². The molecule has 172 valence electrons. The van der Waals surface area contributed by atoms with Crippen molar-refractivity contribution in [3.8, 4) is 0 Å². The number of nitrogens with zero attached hydrogens (tertiary/aromatic N) is 2. The molecule has 2 fully saturated rings. The molecule has 2 atom stereocenters. The number of piperidine rings is 1. The van der Waals surface area contributed by atoms with Crippen LogP contribution in [-0.2, 0) is 9.53 Å². The Morgan fingerprint density at radius 3 is 2.69 bits per heavy atom. The van der Waals surface area contributed by atoms with E-state index >= 15 is 0 Å². The maximum atomic E-state index is 11.6. The minimum absolute atomic E-state index is 0.0454. The number of hydrogen-bond donors (Lipinski definition) is 3. The van der Waals surface area contributed by atoms with Crippen molar-refractivity contribution in [3.05, 3.63) is 35.4 Å². The highest BCUT2D eigenvalue weighted by Gasteiger charge is 2.33. The summed E-state index contributed by atoms with van der Waals surface area (Å²) >= 11 is 0. The number of fused-ring (bicyclic) bond motifs is 1. The number of hydrogen-bond acceptors (Lipinski definition) is 6. The van der Waals surface area contributed by atoms with Crippen LogP contribution in [0.2, 0.25) is 0 Å². The first-order chi connectivity index (χ1) is 15.4. The average molecular weight is 438 g/mol. The molecule has 1 aliphatic heterocycles. The van der Waals surface area contributed by atoms with Crippen LogP contribution in [0.5, 0.6) is 0 Å². The molecule has 2 aromatic rings. The molecule has 4 rings (SSSR count). The Bertz CT molecular complexity index is 986. The highest BCUT2D eigenvalue weighted by Crippen LogP contribution is 2.28. The van der Waals surface area contributed by atoms with Gasteiger partial charge in [0, 0.05) is 44.6 Å². The van der Waals surface area contributed by atoms with Crippen molar-refractivity contribution < 1.29 is 9.53 Å². The number of methoxy groups -OCH3 is 1. The minimum atomic E-state index is -0.254. The maximum Gasteiger partial charge on any atom is 0.222 e. The molecule has 3 N–H and O–H groups in total. The Morgan fingerprint density at radius 1 is 1.19 bits per heavy atom. The van der Waals surface area contributed by atoms with Crippen molar-refractivity contribution in [2.75, 3.05) is 25.1 Å². The first-order valence-electron chi connectivity index (χ1n) is 11.8. The van der Waals surface area contributed by atoms with Gasteiger partial charge >= 0.3 is 0 Å². The first-order valence-corrected chi connectivity index (χ1v) is 11.8. The third-order valence-electron chi connectivity index (χ3n) is 6.74. The van der Waals surface area contributed by atoms with Gasteiger partial charge in [-0.2, -0.15) is 0 Å². The smallest absolute Gasteiger partial charge is 0.222 e. The summed E-state index contributed by atoms with van der Waals surface area (Å²) in [7, 11) is 1.78. The minimum Gasteiger partial charge on any atom is -0.378 e. The Morgan fingerprint density at radius 2 is 1.97 bits per heavy atom. The largest absolute Gasteiger partial charge is 0.378 e. The summed E-state index contributed by atoms with van der Waals surface area (Å²) in [6.07, 6.45) is 7.47. The van der Waals surface area contributed by atoms with E-state index in [4.69, 9.17) is 15.1 Å². The van der Waals surface area contributed by atoms with Gasteiger partial charge in [-0.05, 0) is 44.4 Å². The second-order valence-corrected chi connectivity index (χ2v) is 9.23. The van der Waals surface area contributed by atoms with E-state index in [1.165, 1.54) is 39.0 Å². The summed E-state index contributed by atoms with van der Waals surface area (Å²) in [6.45, 7) is 5.00. The fraction of sp³-hybridized carbons (Fsp3) is 0.560. The Kier molecular flexibility index (Phi) is 7.06. The molecule has 7 nitrogen and oxygen atoms in total. The van der Waals surface area contributed by atoms with Crippen LogP contribution in [0.1, 0.15) is 56.6 Å². The van der Waals surface area contributed by atoms with Crippen LogP contribution >= 0.6 is 0 Å². The van der Waals surface area contributed by atoms with E-state index in [0.717, 1.165) is 35.2 Å². The topological polar surface area (TPSA) is 90.3 Å². The van der Waals surface area contributed by atoms with Crippen LogP contribution < -0.4 is 15.5 Å². The van der Waals surface area contributed by atoms with Gasteiger partial charge in [-0.1, -0.05) is 30.9 Å². The van der Waals surface area contributed by atoms with Gasteiger partial charge in [0.25, 0.3) is 0 Å². The van der Waals surface area contributed by atoms with Crippen LogP contribution in [0.25, 0.3) is 10.9 Å². The van der Waals surface area contributed by atoms with Gasteiger partial charge < -0.3 is 20.3 Å². The monoisotopic (exact) mass is 437 g/mol. The molecular weight excluding hydrogens is 402 g/mol. The van der Waals surface area contributed by atoms with Crippen LogP contribution in [0.4, 0.5) is 5.82 Å². The number of benzene rings is 1. The summed E-state index contributed by atoms with van der Waals surface area (Å²) in [5.74, 6) is 0.563. The van der Waals surface area contributed by atoms with Gasteiger partial charge in [-0.25, -0.2) is 4.98 Å². The molecule has 7 heteroatoms. The first kappa shape index (κ1) is 22.7. The molecule has 1 aromatic heterocycles. The summed E-state index contributed by atoms with van der Waals surface area (Å²) < 4.78 is 5.91. The SMILES string of the molecule is CO[C@H]1CN(c2nc3ccc(C)cc3cc2C(=N)NC(C)=O)CCC1NC1CCCCC1. The number of amidine groups is 1. The Balaban J connectivity index is 1.60. The lowest BCUT2D eigenvalue weighted by Gasteiger charge is -2.41. The van der Waals surface area contributed by atoms with Crippen molar-refractivity contribution in [2.45, 2.75) is 70.6 Å². The third-order valence-corrected chi connectivity index (χ3v) is 6.74. The predicted molar refractivity (Wildman–Crippen MR) is 129 cm³/mol. The highest BCUT2D eigenvalue weighted by atomic mass is 16.5. The number of rotatable bonds is 5. The van der Waals surface area contributed by atoms with Gasteiger partial charge in [0.1, 0.15) is 11.7 Å². The second-order valence-electron chi connectivity index (χ2n) is 9.23. The third kappa shape index (κ3) is 5.10. The lowest BCUT2D eigenvalue weighted by atomic mass is 9.92. The number of nitrogens with one attached hydrogen (secondary N) is 3. The van der Waals surface area contributed by atoms with Crippen LogP contribution in [0.15, 0.2) is 24.3 Å². The molecule has 1 aliphatic carbocycles. The molecule has 2 aliphatic rings. The number of aromatic nitrogens is 1. The molecule has 0 bridgehead atoms. The fourth-order valence-electron chi connectivity index (χ4n) is 5.06. The van der Waals surface area contributed by atoms with Crippen molar-refractivity contribution in [2.24, 2.45) is 0 Å². The van der Waals surface area contributed by atoms with Gasteiger partial charge in [-0.15, -0.1) is 0 Å². The van der Waals surface area contributed by atoms with E-state index in [2.05, 4.69) is 27.7 Å². The van der Waals surface area contributed by atoms with E-state index in [9.17, 15) is 4.79 Å². The van der Waals surface area contributed by atoms with Crippen LogP contribution in [0, 0.1) is 12.3 Å². The second kappa shape index (κ2) is 9.96. The number of ether oxygens (including phenoxy) is 1. The molecule has 1 saturated heterocycles. The fourth-order valence-corrected chi connectivity index (χ4v) is 5.06. The zero-order valence-electron chi connectivity index (χ0n) is 19.4. The standard InChI is InChI=1S/C25H35N5O2/c1-16-9-10-21-18(13-16)14-20(24(26)27-17(2)31)25(29-21)30-12-11-22(23(15-30)32-3)28-19-7-5-4-6-8-19/h9-10,13-14,19,22-23,28H,4-8,11-12,15H2,1-3H3,(H2,26,27,31)/t22?,23-/m0/s1. The lowest BCUT2D eigenvalue weighted by Crippen LogP contribution is -2.56. The van der Waals surface area contributed by atoms with E-state index < -0.39 is 0 Å². The number of anilines is 1. The molecular formula is C25H35N5O2. The van der Waals surface area contributed by atoms with Crippen LogP contribution in [-0.4, -0.2) is 55.1 Å². The molecule has 1 amide bonds. The summed E-state index contributed by atoms with van der Waals surface area (Å²) in [5.41, 5.74) is 2.67. The van der Waals surface area contributed by atoms with E-state index in [1.54, 1.807) is 7.11 Å². The van der Waals surface area contributed by atoms with Crippen molar-refractivity contribution in [3.63, 3.8) is 0 Å². The molecule has 1 saturated carbocycles. The van der Waals surface area contributed by atoms with Crippen molar-refractivity contribution in [1.29, 1.82) is 5.41 Å².